The quantitative estimate of drug-likeness (QED) is 0.359. The van der Waals surface area contributed by atoms with Crippen molar-refractivity contribution in [2.45, 2.75) is 50.1 Å². The minimum atomic E-state index is -4.22. The van der Waals surface area contributed by atoms with E-state index in [4.69, 9.17) is 11.6 Å². The largest absolute Gasteiger partial charge is 0.348 e. The summed E-state index contributed by atoms with van der Waals surface area (Å²) in [7, 11) is -4.22. The summed E-state index contributed by atoms with van der Waals surface area (Å²) in [6.45, 7) is 2.63. The third kappa shape index (κ3) is 5.38. The van der Waals surface area contributed by atoms with E-state index >= 15 is 0 Å². The smallest absolute Gasteiger partial charge is 0.311 e. The molecule has 3 amide bonds. The van der Waals surface area contributed by atoms with Crippen molar-refractivity contribution in [3.8, 4) is 0 Å². The molecule has 0 saturated carbocycles. The maximum Gasteiger partial charge on any atom is 0.311 e. The van der Waals surface area contributed by atoms with Crippen LogP contribution in [0.4, 0.5) is 18.9 Å². The molecule has 0 spiro atoms. The number of aromatic nitrogens is 1. The van der Waals surface area contributed by atoms with Crippen molar-refractivity contribution >= 4 is 45.0 Å². The molecule has 3 heterocycles. The Balaban J connectivity index is 1.52. The van der Waals surface area contributed by atoms with Gasteiger partial charge in [0.2, 0.25) is 10.0 Å². The van der Waals surface area contributed by atoms with Gasteiger partial charge in [0.25, 0.3) is 5.91 Å². The maximum atomic E-state index is 13.6. The number of hydrogen-bond donors (Lipinski definition) is 3. The van der Waals surface area contributed by atoms with Gasteiger partial charge in [-0.15, -0.1) is 0 Å². The summed E-state index contributed by atoms with van der Waals surface area (Å²) in [5.41, 5.74) is -0.257. The summed E-state index contributed by atoms with van der Waals surface area (Å²) in [5, 5.41) is 4.32. The molecule has 1 fully saturated rings. The summed E-state index contributed by atoms with van der Waals surface area (Å²) < 4.78 is 71.2. The Bertz CT molecular complexity index is 1380. The van der Waals surface area contributed by atoms with Gasteiger partial charge in [-0.2, -0.15) is 0 Å². The summed E-state index contributed by atoms with van der Waals surface area (Å²) in [5.74, 6) is -7.01. The van der Waals surface area contributed by atoms with Gasteiger partial charge in [0.05, 0.1) is 5.02 Å². The first-order valence-electron chi connectivity index (χ1n) is 11.9. The van der Waals surface area contributed by atoms with Crippen molar-refractivity contribution in [3.05, 3.63) is 46.0 Å². The van der Waals surface area contributed by atoms with E-state index in [1.807, 2.05) is 0 Å². The van der Waals surface area contributed by atoms with Crippen LogP contribution in [0.3, 0.4) is 0 Å². The molecule has 206 valence electrons. The van der Waals surface area contributed by atoms with Crippen LogP contribution in [0.1, 0.15) is 42.4 Å². The Hall–Kier alpha value is -3.10. The minimum absolute atomic E-state index is 0.170. The van der Waals surface area contributed by atoms with Crippen molar-refractivity contribution in [1.82, 2.24) is 19.5 Å². The molecule has 38 heavy (non-hydrogen) atoms. The van der Waals surface area contributed by atoms with Crippen LogP contribution in [0.2, 0.25) is 5.02 Å². The van der Waals surface area contributed by atoms with E-state index in [1.165, 1.54) is 9.47 Å². The van der Waals surface area contributed by atoms with Crippen LogP contribution in [0.25, 0.3) is 0 Å². The summed E-state index contributed by atoms with van der Waals surface area (Å²) in [4.78, 5) is 38.0. The van der Waals surface area contributed by atoms with E-state index in [1.54, 1.807) is 6.92 Å². The molecule has 0 radical (unpaired) electrons. The molecule has 1 aromatic carbocycles. The number of nitrogens with one attached hydrogen (secondary N) is 3. The number of nitrogens with zero attached hydrogens (tertiary/aromatic N) is 2. The number of carbonyl (C=O) groups is 3. The number of fused-ring (bicyclic) bond motifs is 1. The van der Waals surface area contributed by atoms with Gasteiger partial charge in [0.1, 0.15) is 10.6 Å². The average Bonchev–Trinajstić information content (AvgIpc) is 3.41. The highest BCUT2D eigenvalue weighted by Gasteiger charge is 2.37. The number of halogens is 4. The molecular weight excluding hydrogens is 551 g/mol. The first kappa shape index (κ1) is 27.9. The monoisotopic (exact) mass is 575 g/mol. The van der Waals surface area contributed by atoms with E-state index in [0.29, 0.717) is 43.8 Å². The highest BCUT2D eigenvalue weighted by atomic mass is 35.5. The molecule has 0 unspecified atom stereocenters. The lowest BCUT2D eigenvalue weighted by Gasteiger charge is -2.31. The Morgan fingerprint density at radius 1 is 1.08 bits per heavy atom. The molecule has 1 aromatic heterocycles. The molecule has 3 N–H and O–H groups in total. The van der Waals surface area contributed by atoms with Gasteiger partial charge in [-0.3, -0.25) is 14.4 Å². The fourth-order valence-electron chi connectivity index (χ4n) is 4.68. The summed E-state index contributed by atoms with van der Waals surface area (Å²) in [6.07, 6.45) is 1.37. The zero-order chi connectivity index (χ0) is 27.8. The molecule has 0 atom stereocenters. The fourth-order valence-corrected chi connectivity index (χ4v) is 6.93. The lowest BCUT2D eigenvalue weighted by molar-refractivity contribution is -0.146. The van der Waals surface area contributed by atoms with E-state index in [0.717, 1.165) is 0 Å². The predicted octanol–water partition coefficient (Wildman–Crippen LogP) is 2.16. The number of anilines is 1. The van der Waals surface area contributed by atoms with Gasteiger partial charge in [-0.25, -0.2) is 26.3 Å². The molecule has 4 rings (SSSR count). The second kappa shape index (κ2) is 10.9. The molecule has 0 aliphatic carbocycles. The summed E-state index contributed by atoms with van der Waals surface area (Å²) in [6, 6.07) is 0.647. The Kier molecular flexibility index (Phi) is 8.04. The van der Waals surface area contributed by atoms with Gasteiger partial charge in [0, 0.05) is 55.7 Å². The molecule has 15 heteroatoms. The zero-order valence-corrected chi connectivity index (χ0v) is 21.8. The zero-order valence-electron chi connectivity index (χ0n) is 20.2. The predicted molar refractivity (Wildman–Crippen MR) is 131 cm³/mol. The van der Waals surface area contributed by atoms with Crippen molar-refractivity contribution < 1.29 is 36.0 Å². The van der Waals surface area contributed by atoms with Gasteiger partial charge >= 0.3 is 11.8 Å². The van der Waals surface area contributed by atoms with Gasteiger partial charge in [-0.1, -0.05) is 11.6 Å². The first-order chi connectivity index (χ1) is 17.9. The first-order valence-corrected chi connectivity index (χ1v) is 13.8. The number of likely N-dealkylation sites (tertiary alicyclic amines) is 1. The number of carbonyl (C=O) groups excluding carboxylic acids is 3. The topological polar surface area (TPSA) is 130 Å². The lowest BCUT2D eigenvalue weighted by atomic mass is 10.1. The van der Waals surface area contributed by atoms with Gasteiger partial charge < -0.3 is 20.1 Å². The number of likely N-dealkylation sites (N-methyl/N-ethyl adjacent to an activating group) is 1. The number of hydrogen-bond acceptors (Lipinski definition) is 5. The number of benzene rings is 1. The Labute approximate surface area is 221 Å². The van der Waals surface area contributed by atoms with Crippen molar-refractivity contribution in [2.75, 3.05) is 25.0 Å². The standard InChI is InChI=1S/C23H25ClF3N5O5S/c1-2-28-22(34)23(35)31-8-5-12(6-9-31)30-38(36,37)20-16-4-3-7-32(16)19(17(20)24)21(33)29-13-10-14(25)18(27)15(26)11-13/h10-12,30H,2-9H2,1H3,(H,28,34)(H,29,33). The van der Waals surface area contributed by atoms with E-state index < -0.39 is 51.2 Å². The van der Waals surface area contributed by atoms with Crippen LogP contribution >= 0.6 is 11.6 Å². The third-order valence-corrected chi connectivity index (χ3v) is 8.52. The highest BCUT2D eigenvalue weighted by molar-refractivity contribution is 7.89. The maximum absolute atomic E-state index is 13.6. The van der Waals surface area contributed by atoms with Crippen molar-refractivity contribution in [3.63, 3.8) is 0 Å². The van der Waals surface area contributed by atoms with E-state index in [9.17, 15) is 36.0 Å². The van der Waals surface area contributed by atoms with Crippen LogP contribution in [0.5, 0.6) is 0 Å². The fraction of sp³-hybridized carbons (Fsp3) is 0.435. The molecule has 1 saturated heterocycles. The summed E-state index contributed by atoms with van der Waals surface area (Å²) >= 11 is 6.42. The SMILES string of the molecule is CCNC(=O)C(=O)N1CCC(NS(=O)(=O)c2c(Cl)c(C(=O)Nc3cc(F)c(F)c(F)c3)n3c2CCC3)CC1. The lowest BCUT2D eigenvalue weighted by Crippen LogP contribution is -2.50. The van der Waals surface area contributed by atoms with E-state index in [2.05, 4.69) is 15.4 Å². The second-order valence-corrected chi connectivity index (χ2v) is 11.0. The Morgan fingerprint density at radius 3 is 2.32 bits per heavy atom. The number of amides is 3. The molecule has 2 aliphatic heterocycles. The average molecular weight is 576 g/mol. The molecular formula is C23H25ClF3N5O5S. The number of piperidine rings is 1. The Morgan fingerprint density at radius 2 is 1.71 bits per heavy atom. The molecule has 0 bridgehead atoms. The van der Waals surface area contributed by atoms with Crippen molar-refractivity contribution in [1.29, 1.82) is 0 Å². The van der Waals surface area contributed by atoms with Crippen LogP contribution in [-0.2, 0) is 32.6 Å². The normalized spacial score (nSPS) is 15.9. The van der Waals surface area contributed by atoms with Crippen LogP contribution in [0, 0.1) is 17.5 Å². The minimum Gasteiger partial charge on any atom is -0.348 e. The number of rotatable bonds is 6. The molecule has 2 aromatic rings. The molecule has 2 aliphatic rings. The van der Waals surface area contributed by atoms with Gasteiger partial charge in [-0.05, 0) is 32.6 Å². The van der Waals surface area contributed by atoms with Crippen LogP contribution in [-0.4, -0.2) is 61.3 Å². The second-order valence-electron chi connectivity index (χ2n) is 8.95. The highest BCUT2D eigenvalue weighted by Crippen LogP contribution is 2.37. The van der Waals surface area contributed by atoms with Crippen molar-refractivity contribution in [2.24, 2.45) is 0 Å². The van der Waals surface area contributed by atoms with Gasteiger partial charge in [0.15, 0.2) is 17.5 Å². The third-order valence-electron chi connectivity index (χ3n) is 6.42. The van der Waals surface area contributed by atoms with Crippen LogP contribution in [0.15, 0.2) is 17.0 Å². The molecule has 10 nitrogen and oxygen atoms in total. The van der Waals surface area contributed by atoms with E-state index in [-0.39, 0.29) is 47.2 Å². The van der Waals surface area contributed by atoms with Crippen LogP contribution < -0.4 is 15.4 Å². The number of sulfonamides is 1.